The van der Waals surface area contributed by atoms with Crippen LogP contribution in [0, 0.1) is 12.3 Å². The molecule has 0 spiro atoms. The number of carboxylic acid groups (broad SMARTS) is 1. The number of carbonyl (C=O) groups is 3. The summed E-state index contributed by atoms with van der Waals surface area (Å²) in [7, 11) is 0. The Labute approximate surface area is 116 Å². The van der Waals surface area contributed by atoms with E-state index in [1.54, 1.807) is 4.90 Å². The first-order chi connectivity index (χ1) is 9.54. The average Bonchev–Trinajstić information content (AvgIpc) is 2.45. The first-order valence-electron chi connectivity index (χ1n) is 6.23. The summed E-state index contributed by atoms with van der Waals surface area (Å²) in [5.74, 6) is 0.746. The zero-order valence-corrected chi connectivity index (χ0v) is 11.0. The Morgan fingerprint density at radius 2 is 2.00 bits per heavy atom. The number of piperazine rings is 1. The van der Waals surface area contributed by atoms with Gasteiger partial charge in [-0.15, -0.1) is 12.3 Å². The molecule has 1 fully saturated rings. The predicted molar refractivity (Wildman–Crippen MR) is 70.9 cm³/mol. The van der Waals surface area contributed by atoms with Gasteiger partial charge in [0.25, 0.3) is 0 Å². The van der Waals surface area contributed by atoms with Crippen LogP contribution in [-0.4, -0.2) is 66.7 Å². The van der Waals surface area contributed by atoms with E-state index in [0.717, 1.165) is 13.1 Å². The molecule has 1 unspecified atom stereocenters. The second-order valence-corrected chi connectivity index (χ2v) is 4.26. The molecule has 0 bridgehead atoms. The van der Waals surface area contributed by atoms with Crippen molar-refractivity contribution >= 4 is 17.9 Å². The average molecular weight is 282 g/mol. The summed E-state index contributed by atoms with van der Waals surface area (Å²) in [5, 5.41) is 16.5. The van der Waals surface area contributed by atoms with Crippen LogP contribution in [0.3, 0.4) is 0 Å². The van der Waals surface area contributed by atoms with Crippen molar-refractivity contribution in [3.05, 3.63) is 0 Å². The minimum Gasteiger partial charge on any atom is -0.480 e. The van der Waals surface area contributed by atoms with Gasteiger partial charge in [0.15, 0.2) is 0 Å². The van der Waals surface area contributed by atoms with Crippen LogP contribution in [0.15, 0.2) is 0 Å². The summed E-state index contributed by atoms with van der Waals surface area (Å²) in [6.07, 6.45) is 4.89. The number of rotatable bonds is 5. The van der Waals surface area contributed by atoms with Crippen LogP contribution in [0.2, 0.25) is 0 Å². The number of terminal acetylenes is 1. The summed E-state index contributed by atoms with van der Waals surface area (Å²) in [6.45, 7) is 2.46. The van der Waals surface area contributed by atoms with Crippen molar-refractivity contribution in [1.29, 1.82) is 0 Å². The molecule has 0 aromatic carbocycles. The van der Waals surface area contributed by atoms with E-state index >= 15 is 0 Å². The van der Waals surface area contributed by atoms with Gasteiger partial charge >= 0.3 is 12.0 Å². The zero-order valence-electron chi connectivity index (χ0n) is 11.0. The maximum Gasteiger partial charge on any atom is 0.327 e. The van der Waals surface area contributed by atoms with Gasteiger partial charge in [-0.2, -0.15) is 0 Å². The molecular weight excluding hydrogens is 264 g/mol. The first kappa shape index (κ1) is 15.8. The third-order valence-corrected chi connectivity index (χ3v) is 2.80. The third kappa shape index (κ3) is 5.16. The molecule has 0 aliphatic carbocycles. The van der Waals surface area contributed by atoms with Gasteiger partial charge in [-0.25, -0.2) is 9.59 Å². The highest BCUT2D eigenvalue weighted by Gasteiger charge is 2.20. The van der Waals surface area contributed by atoms with Gasteiger partial charge in [-0.1, -0.05) is 0 Å². The number of nitrogens with zero attached hydrogens (tertiary/aromatic N) is 1. The number of urea groups is 1. The van der Waals surface area contributed by atoms with Crippen molar-refractivity contribution in [1.82, 2.24) is 20.9 Å². The predicted octanol–water partition coefficient (Wildman–Crippen LogP) is -1.81. The molecule has 0 radical (unpaired) electrons. The smallest absolute Gasteiger partial charge is 0.327 e. The number of carboxylic acids is 1. The Hall–Kier alpha value is -2.27. The van der Waals surface area contributed by atoms with Crippen LogP contribution in [-0.2, 0) is 9.59 Å². The molecule has 1 rings (SSSR count). The molecule has 1 atom stereocenters. The minimum absolute atomic E-state index is 0.117. The maximum atomic E-state index is 11.8. The molecular formula is C12H18N4O4. The van der Waals surface area contributed by atoms with Gasteiger partial charge in [0.05, 0.1) is 6.54 Å². The zero-order chi connectivity index (χ0) is 15.0. The van der Waals surface area contributed by atoms with Gasteiger partial charge in [-0.05, 0) is 0 Å². The molecule has 1 aliphatic rings. The monoisotopic (exact) mass is 282 g/mol. The highest BCUT2D eigenvalue weighted by atomic mass is 16.4. The Morgan fingerprint density at radius 1 is 1.35 bits per heavy atom. The topological polar surface area (TPSA) is 111 Å². The van der Waals surface area contributed by atoms with E-state index < -0.39 is 18.0 Å². The van der Waals surface area contributed by atoms with Gasteiger partial charge in [0.2, 0.25) is 5.91 Å². The Kier molecular flexibility index (Phi) is 6.32. The first-order valence-corrected chi connectivity index (χ1v) is 6.23. The number of carbonyl (C=O) groups excluding carboxylic acids is 2. The molecule has 0 aromatic heterocycles. The molecule has 20 heavy (non-hydrogen) atoms. The van der Waals surface area contributed by atoms with Gasteiger partial charge in [-0.3, -0.25) is 4.79 Å². The van der Waals surface area contributed by atoms with E-state index in [9.17, 15) is 14.4 Å². The van der Waals surface area contributed by atoms with E-state index in [4.69, 9.17) is 11.5 Å². The second-order valence-electron chi connectivity index (χ2n) is 4.26. The van der Waals surface area contributed by atoms with Crippen molar-refractivity contribution < 1.29 is 19.5 Å². The molecule has 3 amide bonds. The fourth-order valence-corrected chi connectivity index (χ4v) is 1.71. The van der Waals surface area contributed by atoms with E-state index in [1.165, 1.54) is 0 Å². The van der Waals surface area contributed by atoms with E-state index in [1.807, 2.05) is 0 Å². The highest BCUT2D eigenvalue weighted by Crippen LogP contribution is 1.93. The SMILES string of the molecule is C#CCC(NC(=O)NCC(=O)N1CCNCC1)C(=O)O. The lowest BCUT2D eigenvalue weighted by atomic mass is 10.2. The van der Waals surface area contributed by atoms with Gasteiger partial charge in [0.1, 0.15) is 6.04 Å². The molecule has 4 N–H and O–H groups in total. The van der Waals surface area contributed by atoms with Crippen molar-refractivity contribution in [3.8, 4) is 12.3 Å². The third-order valence-electron chi connectivity index (χ3n) is 2.80. The standard InChI is InChI=1S/C12H18N4O4/c1-2-3-9(11(18)19)15-12(20)14-8-10(17)16-6-4-13-5-7-16/h1,9,13H,3-8H2,(H,18,19)(H2,14,15,20). The van der Waals surface area contributed by atoms with E-state index in [0.29, 0.717) is 13.1 Å². The number of nitrogens with one attached hydrogen (secondary N) is 3. The van der Waals surface area contributed by atoms with Crippen molar-refractivity contribution in [2.75, 3.05) is 32.7 Å². The number of hydrogen-bond donors (Lipinski definition) is 4. The molecule has 1 heterocycles. The van der Waals surface area contributed by atoms with Crippen LogP contribution >= 0.6 is 0 Å². The fraction of sp³-hybridized carbons (Fsp3) is 0.583. The summed E-state index contributed by atoms with van der Waals surface area (Å²) in [6, 6.07) is -1.88. The molecule has 0 aromatic rings. The van der Waals surface area contributed by atoms with E-state index in [2.05, 4.69) is 21.9 Å². The van der Waals surface area contributed by atoms with Gasteiger partial charge in [0, 0.05) is 32.6 Å². The molecule has 8 heteroatoms. The molecule has 110 valence electrons. The molecule has 8 nitrogen and oxygen atoms in total. The minimum atomic E-state index is -1.22. The fourth-order valence-electron chi connectivity index (χ4n) is 1.71. The Morgan fingerprint density at radius 3 is 2.55 bits per heavy atom. The van der Waals surface area contributed by atoms with Crippen LogP contribution in [0.4, 0.5) is 4.79 Å². The maximum absolute atomic E-state index is 11.8. The Bertz CT molecular complexity index is 412. The number of amides is 3. The summed E-state index contributed by atoms with van der Waals surface area (Å²) < 4.78 is 0. The van der Waals surface area contributed by atoms with Crippen molar-refractivity contribution in [2.24, 2.45) is 0 Å². The number of hydrogen-bond acceptors (Lipinski definition) is 4. The lowest BCUT2D eigenvalue weighted by Gasteiger charge is -2.27. The van der Waals surface area contributed by atoms with Crippen LogP contribution in [0.1, 0.15) is 6.42 Å². The van der Waals surface area contributed by atoms with Crippen molar-refractivity contribution in [3.63, 3.8) is 0 Å². The summed E-state index contributed by atoms with van der Waals surface area (Å²) in [5.41, 5.74) is 0. The van der Waals surface area contributed by atoms with Crippen LogP contribution < -0.4 is 16.0 Å². The lowest BCUT2D eigenvalue weighted by Crippen LogP contribution is -2.52. The normalized spacial score (nSPS) is 15.8. The van der Waals surface area contributed by atoms with E-state index in [-0.39, 0.29) is 18.9 Å². The highest BCUT2D eigenvalue weighted by molar-refractivity contribution is 5.86. The molecule has 0 saturated carbocycles. The van der Waals surface area contributed by atoms with Crippen molar-refractivity contribution in [2.45, 2.75) is 12.5 Å². The van der Waals surface area contributed by atoms with Crippen LogP contribution in [0.5, 0.6) is 0 Å². The quantitative estimate of drug-likeness (QED) is 0.444. The number of aliphatic carboxylic acids is 1. The van der Waals surface area contributed by atoms with Crippen LogP contribution in [0.25, 0.3) is 0 Å². The molecule has 1 aliphatic heterocycles. The van der Waals surface area contributed by atoms with Gasteiger partial charge < -0.3 is 26.0 Å². The summed E-state index contributed by atoms with van der Waals surface area (Å²) >= 11 is 0. The molecule has 1 saturated heterocycles. The largest absolute Gasteiger partial charge is 0.480 e. The summed E-state index contributed by atoms with van der Waals surface area (Å²) in [4.78, 5) is 35.7. The Balaban J connectivity index is 2.33. The lowest BCUT2D eigenvalue weighted by molar-refractivity contribution is -0.139. The second kappa shape index (κ2) is 8.01.